The van der Waals surface area contributed by atoms with Crippen LogP contribution in [0.4, 0.5) is 5.69 Å². The quantitative estimate of drug-likeness (QED) is 0.925. The molecule has 0 bridgehead atoms. The maximum atomic E-state index is 12.1. The van der Waals surface area contributed by atoms with Crippen LogP contribution in [0.25, 0.3) is 0 Å². The summed E-state index contributed by atoms with van der Waals surface area (Å²) in [5.41, 5.74) is 1.86. The average molecular weight is 321 g/mol. The van der Waals surface area contributed by atoms with Crippen molar-refractivity contribution in [3.63, 3.8) is 0 Å². The summed E-state index contributed by atoms with van der Waals surface area (Å²) >= 11 is 3.38. The molecule has 19 heavy (non-hydrogen) atoms. The second kappa shape index (κ2) is 5.40. The Kier molecular flexibility index (Phi) is 3.85. The SMILES string of the molecule is Cc1ccc(Br)c(NC(=O)c2ccn(C)c(=O)c2)c1. The van der Waals surface area contributed by atoms with Crippen molar-refractivity contribution in [1.82, 2.24) is 4.57 Å². The van der Waals surface area contributed by atoms with E-state index < -0.39 is 0 Å². The van der Waals surface area contributed by atoms with Crippen molar-refractivity contribution in [3.8, 4) is 0 Å². The molecule has 0 unspecified atom stereocenters. The van der Waals surface area contributed by atoms with Crippen LogP contribution in [-0.4, -0.2) is 10.5 Å². The van der Waals surface area contributed by atoms with E-state index in [9.17, 15) is 9.59 Å². The van der Waals surface area contributed by atoms with Gasteiger partial charge < -0.3 is 9.88 Å². The molecule has 0 aliphatic carbocycles. The van der Waals surface area contributed by atoms with Crippen LogP contribution in [-0.2, 0) is 7.05 Å². The fourth-order valence-electron chi connectivity index (χ4n) is 1.62. The molecule has 0 aliphatic heterocycles. The van der Waals surface area contributed by atoms with E-state index in [1.54, 1.807) is 19.3 Å². The minimum atomic E-state index is -0.302. The van der Waals surface area contributed by atoms with Crippen molar-refractivity contribution in [3.05, 3.63) is 62.5 Å². The van der Waals surface area contributed by atoms with E-state index in [0.29, 0.717) is 11.3 Å². The summed E-state index contributed by atoms with van der Waals surface area (Å²) in [7, 11) is 1.64. The van der Waals surface area contributed by atoms with Crippen molar-refractivity contribution < 1.29 is 4.79 Å². The number of rotatable bonds is 2. The Labute approximate surface area is 119 Å². The van der Waals surface area contributed by atoms with E-state index in [0.717, 1.165) is 10.0 Å². The predicted octanol–water partition coefficient (Wildman–Crippen LogP) is 2.71. The van der Waals surface area contributed by atoms with Crippen molar-refractivity contribution in [2.24, 2.45) is 7.05 Å². The zero-order chi connectivity index (χ0) is 14.0. The molecule has 0 aliphatic rings. The van der Waals surface area contributed by atoms with Crippen molar-refractivity contribution in [2.75, 3.05) is 5.32 Å². The average Bonchev–Trinajstić information content (AvgIpc) is 2.37. The van der Waals surface area contributed by atoms with E-state index in [4.69, 9.17) is 0 Å². The number of hydrogen-bond donors (Lipinski definition) is 1. The molecule has 5 heteroatoms. The number of aromatic nitrogens is 1. The van der Waals surface area contributed by atoms with Crippen LogP contribution in [0.1, 0.15) is 15.9 Å². The molecule has 2 rings (SSSR count). The molecule has 1 amide bonds. The first-order chi connectivity index (χ1) is 8.97. The third kappa shape index (κ3) is 3.12. The number of anilines is 1. The van der Waals surface area contributed by atoms with Gasteiger partial charge in [-0.15, -0.1) is 0 Å². The van der Waals surface area contributed by atoms with Crippen LogP contribution in [0.5, 0.6) is 0 Å². The van der Waals surface area contributed by atoms with Crippen molar-refractivity contribution in [1.29, 1.82) is 0 Å². The minimum absolute atomic E-state index is 0.212. The second-order valence-electron chi connectivity index (χ2n) is 4.30. The Balaban J connectivity index is 2.28. The summed E-state index contributed by atoms with van der Waals surface area (Å²) in [6.07, 6.45) is 1.57. The standard InChI is InChI=1S/C14H13BrN2O2/c1-9-3-4-11(15)12(7-9)16-14(19)10-5-6-17(2)13(18)8-10/h3-8H,1-2H3,(H,16,19). The zero-order valence-corrected chi connectivity index (χ0v) is 12.2. The molecule has 4 nitrogen and oxygen atoms in total. The summed E-state index contributed by atoms with van der Waals surface area (Å²) in [6.45, 7) is 1.94. The minimum Gasteiger partial charge on any atom is -0.321 e. The first-order valence-electron chi connectivity index (χ1n) is 5.71. The molecule has 2 aromatic rings. The number of halogens is 1. The molecule has 1 aromatic heterocycles. The van der Waals surface area contributed by atoms with E-state index in [2.05, 4.69) is 21.2 Å². The highest BCUT2D eigenvalue weighted by atomic mass is 79.9. The summed E-state index contributed by atoms with van der Waals surface area (Å²) < 4.78 is 2.22. The van der Waals surface area contributed by atoms with Crippen molar-refractivity contribution in [2.45, 2.75) is 6.92 Å². The van der Waals surface area contributed by atoms with Crippen LogP contribution >= 0.6 is 15.9 Å². The number of amides is 1. The first-order valence-corrected chi connectivity index (χ1v) is 6.51. The van der Waals surface area contributed by atoms with Gasteiger partial charge in [-0.1, -0.05) is 6.07 Å². The lowest BCUT2D eigenvalue weighted by molar-refractivity contribution is 0.102. The Morgan fingerprint density at radius 2 is 2.00 bits per heavy atom. The van der Waals surface area contributed by atoms with Crippen LogP contribution in [0.15, 0.2) is 45.8 Å². The fraction of sp³-hybridized carbons (Fsp3) is 0.143. The lowest BCUT2D eigenvalue weighted by Gasteiger charge is -2.08. The number of nitrogens with one attached hydrogen (secondary N) is 1. The molecule has 98 valence electrons. The molecular formula is C14H13BrN2O2. The molecule has 1 heterocycles. The van der Waals surface area contributed by atoms with E-state index >= 15 is 0 Å². The Bertz CT molecular complexity index is 692. The van der Waals surface area contributed by atoms with Gasteiger partial charge in [0.1, 0.15) is 0 Å². The molecule has 1 N–H and O–H groups in total. The van der Waals surface area contributed by atoms with Gasteiger partial charge >= 0.3 is 0 Å². The predicted molar refractivity (Wildman–Crippen MR) is 78.5 cm³/mol. The highest BCUT2D eigenvalue weighted by Gasteiger charge is 2.09. The second-order valence-corrected chi connectivity index (χ2v) is 5.16. The van der Waals surface area contributed by atoms with E-state index in [-0.39, 0.29) is 11.5 Å². The van der Waals surface area contributed by atoms with Crippen LogP contribution in [0, 0.1) is 6.92 Å². The monoisotopic (exact) mass is 320 g/mol. The lowest BCUT2D eigenvalue weighted by atomic mass is 10.2. The highest BCUT2D eigenvalue weighted by molar-refractivity contribution is 9.10. The third-order valence-electron chi connectivity index (χ3n) is 2.74. The molecule has 0 saturated heterocycles. The summed E-state index contributed by atoms with van der Waals surface area (Å²) in [5.74, 6) is -0.302. The highest BCUT2D eigenvalue weighted by Crippen LogP contribution is 2.23. The number of carbonyl (C=O) groups is 1. The Morgan fingerprint density at radius 3 is 2.68 bits per heavy atom. The fourth-order valence-corrected chi connectivity index (χ4v) is 1.96. The van der Waals surface area contributed by atoms with E-state index in [1.165, 1.54) is 10.6 Å². The normalized spacial score (nSPS) is 10.3. The summed E-state index contributed by atoms with van der Waals surface area (Å²) in [4.78, 5) is 23.6. The Hall–Kier alpha value is -1.88. The van der Waals surface area contributed by atoms with Gasteiger partial charge in [0.25, 0.3) is 11.5 Å². The van der Waals surface area contributed by atoms with Gasteiger partial charge in [0, 0.05) is 29.3 Å². The van der Waals surface area contributed by atoms with Crippen LogP contribution in [0.3, 0.4) is 0 Å². The lowest BCUT2D eigenvalue weighted by Crippen LogP contribution is -2.20. The van der Waals surface area contributed by atoms with Crippen LogP contribution in [0.2, 0.25) is 0 Å². The summed E-state index contributed by atoms with van der Waals surface area (Å²) in [6, 6.07) is 8.61. The van der Waals surface area contributed by atoms with Gasteiger partial charge in [0.2, 0.25) is 0 Å². The topological polar surface area (TPSA) is 51.1 Å². The van der Waals surface area contributed by atoms with Gasteiger partial charge in [-0.2, -0.15) is 0 Å². The zero-order valence-electron chi connectivity index (χ0n) is 10.6. The number of hydrogen-bond acceptors (Lipinski definition) is 2. The molecule has 0 radical (unpaired) electrons. The summed E-state index contributed by atoms with van der Waals surface area (Å²) in [5, 5.41) is 2.78. The number of pyridine rings is 1. The molecule has 0 spiro atoms. The Morgan fingerprint density at radius 1 is 1.26 bits per heavy atom. The largest absolute Gasteiger partial charge is 0.321 e. The molecule has 0 saturated carbocycles. The van der Waals surface area contributed by atoms with Gasteiger partial charge in [-0.3, -0.25) is 9.59 Å². The maximum absolute atomic E-state index is 12.1. The molecular weight excluding hydrogens is 308 g/mol. The smallest absolute Gasteiger partial charge is 0.255 e. The van der Waals surface area contributed by atoms with Crippen LogP contribution < -0.4 is 10.9 Å². The third-order valence-corrected chi connectivity index (χ3v) is 3.43. The number of carbonyl (C=O) groups excluding carboxylic acids is 1. The number of nitrogens with zero attached hydrogens (tertiary/aromatic N) is 1. The van der Waals surface area contributed by atoms with Gasteiger partial charge in [0.05, 0.1) is 5.69 Å². The van der Waals surface area contributed by atoms with Gasteiger partial charge in [0.15, 0.2) is 0 Å². The maximum Gasteiger partial charge on any atom is 0.255 e. The molecule has 1 aromatic carbocycles. The first kappa shape index (κ1) is 13.5. The van der Waals surface area contributed by atoms with Gasteiger partial charge in [-0.25, -0.2) is 0 Å². The molecule has 0 fully saturated rings. The number of aryl methyl sites for hydroxylation is 2. The number of benzene rings is 1. The molecule has 0 atom stereocenters. The van der Waals surface area contributed by atoms with Crippen molar-refractivity contribution >= 4 is 27.5 Å². The van der Waals surface area contributed by atoms with E-state index in [1.807, 2.05) is 25.1 Å². The van der Waals surface area contributed by atoms with Gasteiger partial charge in [-0.05, 0) is 46.6 Å².